The molecule has 0 aliphatic carbocycles. The summed E-state index contributed by atoms with van der Waals surface area (Å²) in [5.41, 5.74) is 2.55. The first-order valence-electron chi connectivity index (χ1n) is 9.15. The van der Waals surface area contributed by atoms with Gasteiger partial charge in [0.25, 0.3) is 0 Å². The minimum Gasteiger partial charge on any atom is -0.345 e. The second-order valence-corrected chi connectivity index (χ2v) is 7.93. The highest BCUT2D eigenvalue weighted by molar-refractivity contribution is 6.31. The van der Waals surface area contributed by atoms with Crippen molar-refractivity contribution in [3.63, 3.8) is 0 Å². The summed E-state index contributed by atoms with van der Waals surface area (Å²) in [5, 5.41) is 1.52. The number of piperidine rings is 1. The van der Waals surface area contributed by atoms with Crippen LogP contribution in [-0.2, 0) is 4.79 Å². The smallest absolute Gasteiger partial charge is 0.225 e. The first-order chi connectivity index (χ1) is 12.9. The fraction of sp³-hybridized carbons (Fsp3) is 0.400. The number of aromatic nitrogens is 4. The summed E-state index contributed by atoms with van der Waals surface area (Å²) in [6, 6.07) is 3.78. The molecule has 1 unspecified atom stereocenters. The summed E-state index contributed by atoms with van der Waals surface area (Å²) in [6.07, 6.45) is 5.30. The average molecular weight is 384 g/mol. The third-order valence-electron chi connectivity index (χ3n) is 5.41. The molecule has 4 heterocycles. The first kappa shape index (κ1) is 17.9. The second-order valence-electron chi connectivity index (χ2n) is 7.49. The SMILES string of the molecule is CC(=O)C1[C@H](C)CN(c2nccc(-c3c[nH]c4ncc(Cl)cc34)n2)C[C@@H]1C. The van der Waals surface area contributed by atoms with Crippen LogP contribution in [0, 0.1) is 17.8 Å². The molecular formula is C20H22ClN5O. The van der Waals surface area contributed by atoms with Crippen molar-refractivity contribution in [1.82, 2.24) is 19.9 Å². The molecule has 0 spiro atoms. The number of carbonyl (C=O) groups is 1. The fourth-order valence-electron chi connectivity index (χ4n) is 4.36. The number of nitrogens with zero attached hydrogens (tertiary/aromatic N) is 4. The van der Waals surface area contributed by atoms with Gasteiger partial charge in [-0.3, -0.25) is 4.79 Å². The zero-order chi connectivity index (χ0) is 19.1. The standard InChI is InChI=1S/C20H22ClN5O/c1-11-9-26(10-12(2)18(11)13(3)27)20-22-5-4-17(25-20)16-8-24-19-15(16)6-14(21)7-23-19/h4-8,11-12,18H,9-10H2,1-3H3,(H,23,24)/t11-,12+,18?. The van der Waals surface area contributed by atoms with Gasteiger partial charge in [0.05, 0.1) is 10.7 Å². The van der Waals surface area contributed by atoms with Gasteiger partial charge in [-0.05, 0) is 30.9 Å². The molecule has 27 heavy (non-hydrogen) atoms. The molecule has 0 amide bonds. The Labute approximate surface area is 163 Å². The molecule has 0 saturated carbocycles. The van der Waals surface area contributed by atoms with Gasteiger partial charge in [-0.2, -0.15) is 0 Å². The maximum Gasteiger partial charge on any atom is 0.225 e. The van der Waals surface area contributed by atoms with E-state index in [1.54, 1.807) is 19.3 Å². The monoisotopic (exact) mass is 383 g/mol. The van der Waals surface area contributed by atoms with Crippen LogP contribution < -0.4 is 4.90 Å². The lowest BCUT2D eigenvalue weighted by Gasteiger charge is -2.40. The number of carbonyl (C=O) groups excluding carboxylic acids is 1. The average Bonchev–Trinajstić information content (AvgIpc) is 3.04. The number of pyridine rings is 1. The Hall–Kier alpha value is -2.47. The number of anilines is 1. The van der Waals surface area contributed by atoms with Crippen LogP contribution in [0.25, 0.3) is 22.3 Å². The molecule has 7 heteroatoms. The highest BCUT2D eigenvalue weighted by Gasteiger charge is 2.35. The van der Waals surface area contributed by atoms with Crippen molar-refractivity contribution in [1.29, 1.82) is 0 Å². The summed E-state index contributed by atoms with van der Waals surface area (Å²) in [6.45, 7) is 7.51. The number of H-pyrrole nitrogens is 1. The van der Waals surface area contributed by atoms with E-state index in [0.29, 0.717) is 11.0 Å². The third-order valence-corrected chi connectivity index (χ3v) is 5.62. The minimum atomic E-state index is 0.103. The van der Waals surface area contributed by atoms with Crippen LogP contribution in [0.1, 0.15) is 20.8 Å². The molecule has 0 radical (unpaired) electrons. The van der Waals surface area contributed by atoms with E-state index in [-0.39, 0.29) is 23.5 Å². The predicted octanol–water partition coefficient (Wildman–Crippen LogP) is 3.97. The normalized spacial score (nSPS) is 23.0. The Morgan fingerprint density at radius 2 is 2.00 bits per heavy atom. The molecule has 4 rings (SSSR count). The molecule has 1 fully saturated rings. The summed E-state index contributed by atoms with van der Waals surface area (Å²) >= 11 is 6.11. The fourth-order valence-corrected chi connectivity index (χ4v) is 4.52. The lowest BCUT2D eigenvalue weighted by Crippen LogP contribution is -2.47. The van der Waals surface area contributed by atoms with E-state index in [4.69, 9.17) is 16.6 Å². The third kappa shape index (κ3) is 3.30. The van der Waals surface area contributed by atoms with Crippen LogP contribution in [-0.4, -0.2) is 38.8 Å². The van der Waals surface area contributed by atoms with Crippen LogP contribution >= 0.6 is 11.6 Å². The molecule has 3 aromatic heterocycles. The van der Waals surface area contributed by atoms with Crippen molar-refractivity contribution in [3.05, 3.63) is 35.7 Å². The highest BCUT2D eigenvalue weighted by Crippen LogP contribution is 2.32. The first-order valence-corrected chi connectivity index (χ1v) is 9.53. The van der Waals surface area contributed by atoms with Crippen molar-refractivity contribution in [2.75, 3.05) is 18.0 Å². The number of Topliss-reactive ketones (excluding diaryl/α,β-unsaturated/α-hetero) is 1. The zero-order valence-electron chi connectivity index (χ0n) is 15.6. The maximum absolute atomic E-state index is 12.0. The van der Waals surface area contributed by atoms with E-state index in [9.17, 15) is 4.79 Å². The van der Waals surface area contributed by atoms with E-state index >= 15 is 0 Å². The molecule has 3 atom stereocenters. The number of nitrogens with one attached hydrogen (secondary N) is 1. The number of halogens is 1. The van der Waals surface area contributed by atoms with Gasteiger partial charge in [-0.25, -0.2) is 15.0 Å². The van der Waals surface area contributed by atoms with Crippen molar-refractivity contribution in [3.8, 4) is 11.3 Å². The predicted molar refractivity (Wildman–Crippen MR) is 107 cm³/mol. The van der Waals surface area contributed by atoms with Crippen LogP contribution in [0.15, 0.2) is 30.7 Å². The topological polar surface area (TPSA) is 74.8 Å². The van der Waals surface area contributed by atoms with Crippen molar-refractivity contribution in [2.24, 2.45) is 17.8 Å². The second kappa shape index (κ2) is 6.93. The quantitative estimate of drug-likeness (QED) is 0.740. The van der Waals surface area contributed by atoms with E-state index in [0.717, 1.165) is 35.4 Å². The van der Waals surface area contributed by atoms with Crippen LogP contribution in [0.4, 0.5) is 5.95 Å². The van der Waals surface area contributed by atoms with Crippen molar-refractivity contribution < 1.29 is 4.79 Å². The Morgan fingerprint density at radius 1 is 1.26 bits per heavy atom. The lowest BCUT2D eigenvalue weighted by atomic mass is 9.77. The van der Waals surface area contributed by atoms with Gasteiger partial charge in [-0.1, -0.05) is 25.4 Å². The molecule has 0 bridgehead atoms. The molecule has 6 nitrogen and oxygen atoms in total. The van der Waals surface area contributed by atoms with Crippen LogP contribution in [0.3, 0.4) is 0 Å². The van der Waals surface area contributed by atoms with Gasteiger partial charge in [0.2, 0.25) is 5.95 Å². The zero-order valence-corrected chi connectivity index (χ0v) is 16.4. The highest BCUT2D eigenvalue weighted by atomic mass is 35.5. The van der Waals surface area contributed by atoms with Gasteiger partial charge >= 0.3 is 0 Å². The number of ketones is 1. The van der Waals surface area contributed by atoms with Gasteiger partial charge in [0, 0.05) is 48.5 Å². The molecule has 1 aliphatic heterocycles. The Balaban J connectivity index is 1.67. The van der Waals surface area contributed by atoms with Gasteiger partial charge in [0.15, 0.2) is 0 Å². The number of hydrogen-bond acceptors (Lipinski definition) is 5. The van der Waals surface area contributed by atoms with Gasteiger partial charge in [0.1, 0.15) is 11.4 Å². The molecule has 140 valence electrons. The van der Waals surface area contributed by atoms with Crippen LogP contribution in [0.5, 0.6) is 0 Å². The molecular weight excluding hydrogens is 362 g/mol. The van der Waals surface area contributed by atoms with Gasteiger partial charge < -0.3 is 9.88 Å². The number of aromatic amines is 1. The van der Waals surface area contributed by atoms with E-state index in [1.165, 1.54) is 0 Å². The molecule has 0 aromatic carbocycles. The van der Waals surface area contributed by atoms with Gasteiger partial charge in [-0.15, -0.1) is 0 Å². The Bertz CT molecular complexity index is 989. The summed E-state index contributed by atoms with van der Waals surface area (Å²) in [7, 11) is 0. The molecule has 1 N–H and O–H groups in total. The minimum absolute atomic E-state index is 0.103. The van der Waals surface area contributed by atoms with Crippen molar-refractivity contribution in [2.45, 2.75) is 20.8 Å². The largest absolute Gasteiger partial charge is 0.345 e. The van der Waals surface area contributed by atoms with Crippen LogP contribution in [0.2, 0.25) is 5.02 Å². The number of hydrogen-bond donors (Lipinski definition) is 1. The van der Waals surface area contributed by atoms with Crippen molar-refractivity contribution >= 4 is 34.4 Å². The molecule has 1 aliphatic rings. The lowest BCUT2D eigenvalue weighted by molar-refractivity contribution is -0.124. The van der Waals surface area contributed by atoms with E-state index in [2.05, 4.69) is 33.7 Å². The molecule has 1 saturated heterocycles. The summed E-state index contributed by atoms with van der Waals surface area (Å²) in [5.74, 6) is 1.61. The van der Waals surface area contributed by atoms with E-state index < -0.39 is 0 Å². The summed E-state index contributed by atoms with van der Waals surface area (Å²) in [4.78, 5) is 30.9. The maximum atomic E-state index is 12.0. The number of rotatable bonds is 3. The number of fused-ring (bicyclic) bond motifs is 1. The molecule has 3 aromatic rings. The Morgan fingerprint density at radius 3 is 2.70 bits per heavy atom. The van der Waals surface area contributed by atoms with E-state index in [1.807, 2.05) is 18.3 Å². The summed E-state index contributed by atoms with van der Waals surface area (Å²) < 4.78 is 0. The Kier molecular flexibility index (Phi) is 4.60.